The molecule has 0 spiro atoms. The molecule has 3 nitrogen and oxygen atoms in total. The smallest absolute Gasteiger partial charge is 0.282 e. The van der Waals surface area contributed by atoms with E-state index in [1.54, 1.807) is 0 Å². The lowest BCUT2D eigenvalue weighted by Gasteiger charge is -2.08. The Morgan fingerprint density at radius 1 is 1.44 bits per heavy atom. The highest BCUT2D eigenvalue weighted by molar-refractivity contribution is 7.89. The first kappa shape index (κ1) is 13.5. The second kappa shape index (κ2) is 4.36. The third kappa shape index (κ3) is 3.78. The summed E-state index contributed by atoms with van der Waals surface area (Å²) in [6, 6.07) is 2.22. The Hall–Kier alpha value is -0.570. The Morgan fingerprint density at radius 3 is 2.31 bits per heavy atom. The van der Waals surface area contributed by atoms with E-state index in [0.717, 1.165) is 6.07 Å². The molecule has 1 rings (SSSR count). The van der Waals surface area contributed by atoms with Gasteiger partial charge in [0, 0.05) is 4.88 Å². The Morgan fingerprint density at radius 2 is 2.00 bits per heavy atom. The van der Waals surface area contributed by atoms with E-state index in [1.807, 2.05) is 0 Å². The zero-order valence-electron chi connectivity index (χ0n) is 7.32. The Bertz CT molecular complexity index is 515. The van der Waals surface area contributed by atoms with Gasteiger partial charge in [-0.05, 0) is 12.1 Å². The summed E-state index contributed by atoms with van der Waals surface area (Å²) in [5.74, 6) is 0. The van der Waals surface area contributed by atoms with Gasteiger partial charge in [-0.2, -0.15) is 21.6 Å². The zero-order valence-corrected chi connectivity index (χ0v) is 9.71. The van der Waals surface area contributed by atoms with Crippen molar-refractivity contribution in [1.82, 2.24) is 0 Å². The largest absolute Gasteiger partial charge is 0.418 e. The van der Waals surface area contributed by atoms with Gasteiger partial charge in [0.1, 0.15) is 0 Å². The van der Waals surface area contributed by atoms with E-state index in [9.17, 15) is 21.6 Å². The lowest BCUT2D eigenvalue weighted by atomic mass is 10.2. The highest BCUT2D eigenvalue weighted by Crippen LogP contribution is 2.38. The molecular weight excluding hydrogens is 289 g/mol. The van der Waals surface area contributed by atoms with Gasteiger partial charge in [-0.3, -0.25) is 4.55 Å². The quantitative estimate of drug-likeness (QED) is 0.852. The van der Waals surface area contributed by atoms with Crippen molar-refractivity contribution >= 4 is 38.6 Å². The van der Waals surface area contributed by atoms with Crippen LogP contribution in [0.3, 0.4) is 0 Å². The van der Waals surface area contributed by atoms with Crippen LogP contribution in [0.15, 0.2) is 17.5 Å². The van der Waals surface area contributed by atoms with Crippen LogP contribution in [0.2, 0.25) is 4.34 Å². The minimum absolute atomic E-state index is 0.0838. The van der Waals surface area contributed by atoms with Gasteiger partial charge in [0.25, 0.3) is 10.1 Å². The second-order valence-electron chi connectivity index (χ2n) is 2.65. The van der Waals surface area contributed by atoms with Crippen LogP contribution in [-0.2, 0) is 10.1 Å². The van der Waals surface area contributed by atoms with E-state index in [0.29, 0.717) is 11.3 Å². The van der Waals surface area contributed by atoms with Crippen molar-refractivity contribution in [2.75, 3.05) is 0 Å². The molecule has 1 heterocycles. The number of thiophene rings is 1. The van der Waals surface area contributed by atoms with E-state index < -0.39 is 21.9 Å². The van der Waals surface area contributed by atoms with Crippen LogP contribution in [-0.4, -0.2) is 19.1 Å². The maximum absolute atomic E-state index is 12.5. The Labute approximate surface area is 97.9 Å². The number of hydrogen-bond acceptors (Lipinski definition) is 3. The predicted octanol–water partition coefficient (Wildman–Crippen LogP) is 3.19. The predicted molar refractivity (Wildman–Crippen MR) is 54.9 cm³/mol. The summed E-state index contributed by atoms with van der Waals surface area (Å²) in [5, 5.41) is -0.241. The lowest BCUT2D eigenvalue weighted by Crippen LogP contribution is -2.11. The average Bonchev–Trinajstić information content (AvgIpc) is 2.43. The highest BCUT2D eigenvalue weighted by atomic mass is 35.5. The summed E-state index contributed by atoms with van der Waals surface area (Å²) >= 11 is 6.00. The molecule has 1 aromatic rings. The third-order valence-electron chi connectivity index (χ3n) is 1.41. The highest BCUT2D eigenvalue weighted by Gasteiger charge is 2.37. The number of halogens is 4. The SMILES string of the molecule is O=S(=O)(O)/C=C(/c1ccc(Cl)s1)C(F)(F)F. The molecule has 0 unspecified atom stereocenters. The first-order valence-corrected chi connectivity index (χ1v) is 6.31. The van der Waals surface area contributed by atoms with Gasteiger partial charge in [-0.1, -0.05) is 11.6 Å². The molecule has 0 radical (unpaired) electrons. The molecule has 0 aliphatic heterocycles. The maximum Gasteiger partial charge on any atom is 0.418 e. The van der Waals surface area contributed by atoms with E-state index in [2.05, 4.69) is 0 Å². The van der Waals surface area contributed by atoms with Crippen LogP contribution >= 0.6 is 22.9 Å². The summed E-state index contributed by atoms with van der Waals surface area (Å²) in [5.41, 5.74) is -1.45. The van der Waals surface area contributed by atoms with Crippen LogP contribution in [0, 0.1) is 0 Å². The third-order valence-corrected chi connectivity index (χ3v) is 3.21. The molecule has 16 heavy (non-hydrogen) atoms. The molecule has 0 bridgehead atoms. The minimum atomic E-state index is -4.88. The lowest BCUT2D eigenvalue weighted by molar-refractivity contribution is -0.0686. The number of allylic oxidation sites excluding steroid dienone is 1. The molecule has 1 N–H and O–H groups in total. The number of rotatable bonds is 2. The topological polar surface area (TPSA) is 54.4 Å². The molecule has 0 amide bonds. The van der Waals surface area contributed by atoms with Crippen molar-refractivity contribution in [3.8, 4) is 0 Å². The molecule has 0 fully saturated rings. The molecule has 0 aliphatic rings. The van der Waals surface area contributed by atoms with Crippen molar-refractivity contribution in [3.63, 3.8) is 0 Å². The molecule has 0 saturated heterocycles. The maximum atomic E-state index is 12.5. The van der Waals surface area contributed by atoms with E-state index in [-0.39, 0.29) is 14.6 Å². The van der Waals surface area contributed by atoms with Gasteiger partial charge in [-0.15, -0.1) is 11.3 Å². The average molecular weight is 293 g/mol. The van der Waals surface area contributed by atoms with Crippen molar-refractivity contribution in [2.45, 2.75) is 6.18 Å². The number of hydrogen-bond donors (Lipinski definition) is 1. The molecule has 0 aliphatic carbocycles. The fraction of sp³-hybridized carbons (Fsp3) is 0.143. The first-order chi connectivity index (χ1) is 7.09. The molecule has 90 valence electrons. The van der Waals surface area contributed by atoms with E-state index in [4.69, 9.17) is 16.2 Å². The van der Waals surface area contributed by atoms with Gasteiger partial charge in [0.05, 0.1) is 15.3 Å². The summed E-state index contributed by atoms with van der Waals surface area (Å²) in [6.45, 7) is 0. The fourth-order valence-corrected chi connectivity index (χ4v) is 2.58. The van der Waals surface area contributed by atoms with Crippen LogP contribution in [0.5, 0.6) is 0 Å². The molecule has 9 heteroatoms. The van der Waals surface area contributed by atoms with Gasteiger partial charge < -0.3 is 0 Å². The Balaban J connectivity index is 3.34. The Kier molecular flexibility index (Phi) is 3.68. The summed E-state index contributed by atoms with van der Waals surface area (Å²) in [6.07, 6.45) is -4.88. The summed E-state index contributed by atoms with van der Waals surface area (Å²) in [7, 11) is -4.86. The molecule has 1 aromatic heterocycles. The van der Waals surface area contributed by atoms with Crippen LogP contribution < -0.4 is 0 Å². The zero-order chi connectivity index (χ0) is 12.6. The first-order valence-electron chi connectivity index (χ1n) is 3.62. The second-order valence-corrected chi connectivity index (χ2v) is 5.63. The van der Waals surface area contributed by atoms with Crippen molar-refractivity contribution in [1.29, 1.82) is 0 Å². The minimum Gasteiger partial charge on any atom is -0.282 e. The van der Waals surface area contributed by atoms with Gasteiger partial charge >= 0.3 is 6.18 Å². The molecule has 0 saturated carbocycles. The van der Waals surface area contributed by atoms with E-state index >= 15 is 0 Å². The molecular formula is C7H4ClF3O3S2. The normalized spacial score (nSPS) is 14.2. The fourth-order valence-electron chi connectivity index (χ4n) is 0.873. The molecule has 0 aromatic carbocycles. The van der Waals surface area contributed by atoms with Gasteiger partial charge in [-0.25, -0.2) is 0 Å². The van der Waals surface area contributed by atoms with Crippen molar-refractivity contribution < 1.29 is 26.1 Å². The van der Waals surface area contributed by atoms with Crippen LogP contribution in [0.4, 0.5) is 13.2 Å². The summed E-state index contributed by atoms with van der Waals surface area (Å²) < 4.78 is 66.7. The van der Waals surface area contributed by atoms with Gasteiger partial charge in [0.2, 0.25) is 0 Å². The molecule has 0 atom stereocenters. The van der Waals surface area contributed by atoms with Crippen molar-refractivity contribution in [3.05, 3.63) is 26.8 Å². The number of alkyl halides is 3. The van der Waals surface area contributed by atoms with Crippen LogP contribution in [0.25, 0.3) is 5.57 Å². The standard InChI is InChI=1S/C7H4ClF3O3S2/c8-6-2-1-5(15-6)4(7(9,10)11)3-16(12,13)14/h1-3H,(H,12,13,14)/b4-3-. The van der Waals surface area contributed by atoms with Crippen LogP contribution in [0.1, 0.15) is 4.88 Å². The summed E-state index contributed by atoms with van der Waals surface area (Å²) in [4.78, 5) is -0.380. The van der Waals surface area contributed by atoms with Gasteiger partial charge in [0.15, 0.2) is 0 Å². The van der Waals surface area contributed by atoms with Crippen molar-refractivity contribution in [2.24, 2.45) is 0 Å². The van der Waals surface area contributed by atoms with E-state index in [1.165, 1.54) is 6.07 Å². The monoisotopic (exact) mass is 292 g/mol.